The average molecular weight is 529 g/mol. The van der Waals surface area contributed by atoms with Crippen LogP contribution < -0.4 is 10.6 Å². The summed E-state index contributed by atoms with van der Waals surface area (Å²) >= 11 is 9.56. The van der Waals surface area contributed by atoms with E-state index < -0.39 is 41.5 Å². The van der Waals surface area contributed by atoms with Crippen LogP contribution in [-0.4, -0.2) is 70.0 Å². The van der Waals surface area contributed by atoms with Crippen LogP contribution in [-0.2, 0) is 19.1 Å². The SMILES string of the molecule is CNC(=O)[C@H]1[C@@H]2OC3(CC2Br)C(C(=O)Nc2ccc(Cl)cc2)N([C@@H](CO)C(C)C)C(=O)[C@H]13. The first-order valence-electron chi connectivity index (χ1n) is 10.7. The van der Waals surface area contributed by atoms with E-state index in [4.69, 9.17) is 16.3 Å². The van der Waals surface area contributed by atoms with Gasteiger partial charge in [-0.25, -0.2) is 0 Å². The Morgan fingerprint density at radius 2 is 1.97 bits per heavy atom. The molecular formula is C22H27BrClN3O5. The minimum Gasteiger partial charge on any atom is -0.394 e. The lowest BCUT2D eigenvalue weighted by atomic mass is 9.70. The van der Waals surface area contributed by atoms with Crippen molar-refractivity contribution in [2.24, 2.45) is 17.8 Å². The van der Waals surface area contributed by atoms with Crippen LogP contribution in [0.3, 0.4) is 0 Å². The van der Waals surface area contributed by atoms with E-state index in [0.717, 1.165) is 0 Å². The van der Waals surface area contributed by atoms with Gasteiger partial charge in [-0.15, -0.1) is 0 Å². The first-order chi connectivity index (χ1) is 15.2. The summed E-state index contributed by atoms with van der Waals surface area (Å²) in [6.07, 6.45) is -0.101. The smallest absolute Gasteiger partial charge is 0.250 e. The maximum atomic E-state index is 13.8. The molecule has 10 heteroatoms. The van der Waals surface area contributed by atoms with Crippen molar-refractivity contribution in [1.29, 1.82) is 0 Å². The van der Waals surface area contributed by atoms with Gasteiger partial charge in [0, 0.05) is 22.6 Å². The fourth-order valence-corrected chi connectivity index (χ4v) is 6.62. The molecule has 174 valence electrons. The van der Waals surface area contributed by atoms with Crippen molar-refractivity contribution in [2.75, 3.05) is 19.0 Å². The highest BCUT2D eigenvalue weighted by molar-refractivity contribution is 9.09. The van der Waals surface area contributed by atoms with Crippen molar-refractivity contribution in [3.05, 3.63) is 29.3 Å². The lowest BCUT2D eigenvalue weighted by molar-refractivity contribution is -0.145. The molecule has 7 atom stereocenters. The molecule has 32 heavy (non-hydrogen) atoms. The number of nitrogens with zero attached hydrogens (tertiary/aromatic N) is 1. The van der Waals surface area contributed by atoms with Gasteiger partial charge in [-0.1, -0.05) is 41.4 Å². The summed E-state index contributed by atoms with van der Waals surface area (Å²) in [6.45, 7) is 3.47. The van der Waals surface area contributed by atoms with Gasteiger partial charge in [0.15, 0.2) is 0 Å². The van der Waals surface area contributed by atoms with Gasteiger partial charge >= 0.3 is 0 Å². The summed E-state index contributed by atoms with van der Waals surface area (Å²) in [6, 6.07) is 5.09. The molecule has 0 aliphatic carbocycles. The molecular weight excluding hydrogens is 502 g/mol. The van der Waals surface area contributed by atoms with Gasteiger partial charge in [0.05, 0.1) is 30.6 Å². The highest BCUT2D eigenvalue weighted by Gasteiger charge is 2.77. The molecule has 3 N–H and O–H groups in total. The summed E-state index contributed by atoms with van der Waals surface area (Å²) in [5, 5.41) is 16.2. The number of carbonyl (C=O) groups is 3. The third-order valence-corrected chi connectivity index (χ3v) is 8.05. The van der Waals surface area contributed by atoms with Gasteiger partial charge < -0.3 is 25.4 Å². The number of alkyl halides is 1. The molecule has 1 aromatic carbocycles. The quantitative estimate of drug-likeness (QED) is 0.488. The number of aliphatic hydroxyl groups is 1. The molecule has 3 unspecified atom stereocenters. The number of rotatable bonds is 6. The first-order valence-corrected chi connectivity index (χ1v) is 12.0. The van der Waals surface area contributed by atoms with Crippen LogP contribution in [0.15, 0.2) is 24.3 Å². The molecule has 0 saturated carbocycles. The number of likely N-dealkylation sites (tertiary alicyclic amines) is 1. The Bertz CT molecular complexity index is 929. The summed E-state index contributed by atoms with van der Waals surface area (Å²) in [7, 11) is 1.52. The van der Waals surface area contributed by atoms with Gasteiger partial charge in [-0.2, -0.15) is 0 Å². The normalized spacial score (nSPS) is 34.0. The number of hydrogen-bond donors (Lipinski definition) is 3. The lowest BCUT2D eigenvalue weighted by Crippen LogP contribution is -2.57. The number of carbonyl (C=O) groups excluding carboxylic acids is 3. The third kappa shape index (κ3) is 3.45. The fraction of sp³-hybridized carbons (Fsp3) is 0.591. The predicted molar refractivity (Wildman–Crippen MR) is 122 cm³/mol. The molecule has 1 aromatic rings. The summed E-state index contributed by atoms with van der Waals surface area (Å²) in [5.41, 5.74) is -0.631. The van der Waals surface area contributed by atoms with E-state index >= 15 is 0 Å². The van der Waals surface area contributed by atoms with Crippen LogP contribution in [0.4, 0.5) is 5.69 Å². The van der Waals surface area contributed by atoms with Crippen LogP contribution >= 0.6 is 27.5 Å². The number of hydrogen-bond acceptors (Lipinski definition) is 5. The summed E-state index contributed by atoms with van der Waals surface area (Å²) < 4.78 is 6.36. The highest BCUT2D eigenvalue weighted by Crippen LogP contribution is 2.60. The van der Waals surface area contributed by atoms with E-state index in [9.17, 15) is 19.5 Å². The topological polar surface area (TPSA) is 108 Å². The van der Waals surface area contributed by atoms with Crippen LogP contribution in [0.25, 0.3) is 0 Å². The Balaban J connectivity index is 1.78. The molecule has 4 rings (SSSR count). The monoisotopic (exact) mass is 527 g/mol. The second-order valence-corrected chi connectivity index (χ2v) is 10.6. The zero-order valence-corrected chi connectivity index (χ0v) is 20.4. The standard InChI is InChI=1S/C22H27BrClN3O5/c1-10(2)14(9-28)27-18(20(30)26-12-6-4-11(24)5-7-12)22-8-13(23)17(32-22)15(19(29)25-3)16(22)21(27)31/h4-7,10,13-18,28H,8-9H2,1-3H3,(H,25,29)(H,26,30)/t13?,14-,15+,16-,17+,18?,22?/m0/s1. The van der Waals surface area contributed by atoms with E-state index in [1.807, 2.05) is 13.8 Å². The number of aliphatic hydroxyl groups excluding tert-OH is 1. The Kier molecular flexibility index (Phi) is 6.30. The molecule has 3 heterocycles. The largest absolute Gasteiger partial charge is 0.394 e. The zero-order valence-electron chi connectivity index (χ0n) is 18.0. The maximum Gasteiger partial charge on any atom is 0.250 e. The van der Waals surface area contributed by atoms with E-state index in [2.05, 4.69) is 26.6 Å². The summed E-state index contributed by atoms with van der Waals surface area (Å²) in [4.78, 5) is 41.5. The molecule has 3 amide bonds. The molecule has 3 fully saturated rings. The number of fused-ring (bicyclic) bond motifs is 1. The zero-order chi connectivity index (χ0) is 23.4. The number of halogens is 2. The van der Waals surface area contributed by atoms with Crippen molar-refractivity contribution < 1.29 is 24.2 Å². The molecule has 3 aliphatic rings. The third-order valence-electron chi connectivity index (χ3n) is 6.95. The fourth-order valence-electron chi connectivity index (χ4n) is 5.55. The van der Waals surface area contributed by atoms with E-state index in [1.54, 1.807) is 24.3 Å². The Labute approximate surface area is 200 Å². The van der Waals surface area contributed by atoms with Crippen LogP contribution in [0.1, 0.15) is 20.3 Å². The van der Waals surface area contributed by atoms with Gasteiger partial charge in [0.1, 0.15) is 11.6 Å². The molecule has 3 saturated heterocycles. The molecule has 1 spiro atoms. The highest BCUT2D eigenvalue weighted by atomic mass is 79.9. The molecule has 3 aliphatic heterocycles. The van der Waals surface area contributed by atoms with Crippen molar-refractivity contribution in [3.63, 3.8) is 0 Å². The number of amides is 3. The number of anilines is 1. The molecule has 0 radical (unpaired) electrons. The summed E-state index contributed by atoms with van der Waals surface area (Å²) in [5.74, 6) is -2.66. The average Bonchev–Trinajstić information content (AvgIpc) is 3.33. The van der Waals surface area contributed by atoms with E-state index in [-0.39, 0.29) is 29.2 Å². The van der Waals surface area contributed by atoms with Crippen molar-refractivity contribution in [3.8, 4) is 0 Å². The van der Waals surface area contributed by atoms with Gasteiger partial charge in [-0.05, 0) is 36.6 Å². The van der Waals surface area contributed by atoms with Crippen LogP contribution in [0.2, 0.25) is 5.02 Å². The molecule has 8 nitrogen and oxygen atoms in total. The molecule has 2 bridgehead atoms. The molecule has 0 aromatic heterocycles. The van der Waals surface area contributed by atoms with Crippen LogP contribution in [0.5, 0.6) is 0 Å². The van der Waals surface area contributed by atoms with Gasteiger partial charge in [0.2, 0.25) is 17.7 Å². The predicted octanol–water partition coefficient (Wildman–Crippen LogP) is 1.79. The van der Waals surface area contributed by atoms with Crippen molar-refractivity contribution in [1.82, 2.24) is 10.2 Å². The maximum absolute atomic E-state index is 13.8. The van der Waals surface area contributed by atoms with E-state index in [1.165, 1.54) is 11.9 Å². The second kappa shape index (κ2) is 8.59. The Morgan fingerprint density at radius 3 is 2.53 bits per heavy atom. The van der Waals surface area contributed by atoms with Crippen molar-refractivity contribution in [2.45, 2.75) is 48.9 Å². The minimum atomic E-state index is -1.16. The number of benzene rings is 1. The number of nitrogens with one attached hydrogen (secondary N) is 2. The van der Waals surface area contributed by atoms with Gasteiger partial charge in [0.25, 0.3) is 0 Å². The first kappa shape index (κ1) is 23.5. The Hall–Kier alpha value is -1.68. The lowest BCUT2D eigenvalue weighted by Gasteiger charge is -2.38. The number of ether oxygens (including phenoxy) is 1. The second-order valence-electron chi connectivity index (χ2n) is 9.01. The Morgan fingerprint density at radius 1 is 1.31 bits per heavy atom. The minimum absolute atomic E-state index is 0.111. The van der Waals surface area contributed by atoms with Gasteiger partial charge in [-0.3, -0.25) is 14.4 Å². The van der Waals surface area contributed by atoms with E-state index in [0.29, 0.717) is 17.1 Å². The van der Waals surface area contributed by atoms with Crippen molar-refractivity contribution >= 4 is 50.9 Å². The van der Waals surface area contributed by atoms with Crippen LogP contribution in [0, 0.1) is 17.8 Å².